The summed E-state index contributed by atoms with van der Waals surface area (Å²) >= 11 is 0. The standard InChI is InChI=1S/C12H13F2NO4/c13-8-1-2-9(14)10(7-8)15(5-3-11(16)17)6-4-12(18)19/h1-2,7H,3-6H2,(H,16,17)(H,18,19). The summed E-state index contributed by atoms with van der Waals surface area (Å²) in [5.74, 6) is -3.60. The van der Waals surface area contributed by atoms with Crippen LogP contribution in [-0.4, -0.2) is 35.2 Å². The van der Waals surface area contributed by atoms with Crippen molar-refractivity contribution in [1.29, 1.82) is 0 Å². The number of anilines is 1. The largest absolute Gasteiger partial charge is 0.481 e. The Morgan fingerprint density at radius 1 is 1.05 bits per heavy atom. The van der Waals surface area contributed by atoms with Crippen LogP contribution in [0, 0.1) is 11.6 Å². The van der Waals surface area contributed by atoms with Gasteiger partial charge in [0.25, 0.3) is 0 Å². The molecule has 0 saturated carbocycles. The summed E-state index contributed by atoms with van der Waals surface area (Å²) < 4.78 is 26.6. The van der Waals surface area contributed by atoms with E-state index in [0.29, 0.717) is 0 Å². The average molecular weight is 273 g/mol. The van der Waals surface area contributed by atoms with Crippen LogP contribution in [0.3, 0.4) is 0 Å². The Labute approximate surface area is 108 Å². The molecule has 104 valence electrons. The summed E-state index contributed by atoms with van der Waals surface area (Å²) in [4.78, 5) is 22.2. The normalized spacial score (nSPS) is 10.2. The maximum absolute atomic E-state index is 13.6. The van der Waals surface area contributed by atoms with E-state index in [9.17, 15) is 18.4 Å². The zero-order valence-electron chi connectivity index (χ0n) is 9.97. The predicted octanol–water partition coefficient (Wildman–Crippen LogP) is 1.72. The van der Waals surface area contributed by atoms with Crippen LogP contribution in [0.4, 0.5) is 14.5 Å². The molecule has 19 heavy (non-hydrogen) atoms. The molecule has 0 fully saturated rings. The number of carboxylic acids is 2. The van der Waals surface area contributed by atoms with E-state index in [1.807, 2.05) is 0 Å². The third-order valence-corrected chi connectivity index (χ3v) is 2.44. The second kappa shape index (κ2) is 6.67. The third-order valence-electron chi connectivity index (χ3n) is 2.44. The number of aliphatic carboxylic acids is 2. The van der Waals surface area contributed by atoms with E-state index >= 15 is 0 Å². The maximum Gasteiger partial charge on any atom is 0.305 e. The Bertz CT molecular complexity index is 461. The SMILES string of the molecule is O=C(O)CCN(CCC(=O)O)c1cc(F)ccc1F. The quantitative estimate of drug-likeness (QED) is 0.791. The van der Waals surface area contributed by atoms with Crippen molar-refractivity contribution in [1.82, 2.24) is 0 Å². The van der Waals surface area contributed by atoms with Gasteiger partial charge in [0.15, 0.2) is 0 Å². The molecule has 0 unspecified atom stereocenters. The van der Waals surface area contributed by atoms with Crippen molar-refractivity contribution in [3.8, 4) is 0 Å². The highest BCUT2D eigenvalue weighted by Gasteiger charge is 2.15. The zero-order valence-corrected chi connectivity index (χ0v) is 9.97. The molecule has 0 aliphatic rings. The number of hydrogen-bond acceptors (Lipinski definition) is 3. The Kier molecular flexibility index (Phi) is 5.23. The van der Waals surface area contributed by atoms with Crippen LogP contribution in [0.25, 0.3) is 0 Å². The van der Waals surface area contributed by atoms with Gasteiger partial charge in [-0.2, -0.15) is 0 Å². The molecular formula is C12H13F2NO4. The van der Waals surface area contributed by atoms with Gasteiger partial charge in [-0.3, -0.25) is 9.59 Å². The lowest BCUT2D eigenvalue weighted by Crippen LogP contribution is -2.29. The summed E-state index contributed by atoms with van der Waals surface area (Å²) in [6.07, 6.45) is -0.592. The Balaban J connectivity index is 2.89. The number of hydrogen-bond donors (Lipinski definition) is 2. The molecule has 0 aromatic heterocycles. The van der Waals surface area contributed by atoms with Crippen LogP contribution >= 0.6 is 0 Å². The smallest absolute Gasteiger partial charge is 0.305 e. The first-order valence-electron chi connectivity index (χ1n) is 5.53. The highest BCUT2D eigenvalue weighted by molar-refractivity contribution is 5.69. The lowest BCUT2D eigenvalue weighted by atomic mass is 10.2. The number of halogens is 2. The highest BCUT2D eigenvalue weighted by atomic mass is 19.1. The van der Waals surface area contributed by atoms with Gasteiger partial charge >= 0.3 is 11.9 Å². The maximum atomic E-state index is 13.6. The molecule has 0 aliphatic heterocycles. The highest BCUT2D eigenvalue weighted by Crippen LogP contribution is 2.21. The van der Waals surface area contributed by atoms with Gasteiger partial charge in [0.2, 0.25) is 0 Å². The molecule has 1 aromatic carbocycles. The van der Waals surface area contributed by atoms with Crippen molar-refractivity contribution < 1.29 is 28.6 Å². The summed E-state index contributed by atoms with van der Waals surface area (Å²) in [5.41, 5.74) is -0.137. The van der Waals surface area contributed by atoms with E-state index in [-0.39, 0.29) is 31.6 Å². The third kappa shape index (κ3) is 4.90. The Morgan fingerprint density at radius 2 is 1.58 bits per heavy atom. The molecule has 0 bridgehead atoms. The second-order valence-corrected chi connectivity index (χ2v) is 3.87. The van der Waals surface area contributed by atoms with Gasteiger partial charge in [-0.05, 0) is 12.1 Å². The van der Waals surface area contributed by atoms with Gasteiger partial charge in [-0.1, -0.05) is 0 Å². The van der Waals surface area contributed by atoms with Crippen LogP contribution in [0.1, 0.15) is 12.8 Å². The molecule has 5 nitrogen and oxygen atoms in total. The molecule has 1 rings (SSSR count). The molecule has 1 aromatic rings. The Morgan fingerprint density at radius 3 is 2.05 bits per heavy atom. The van der Waals surface area contributed by atoms with Crippen molar-refractivity contribution >= 4 is 17.6 Å². The van der Waals surface area contributed by atoms with E-state index < -0.39 is 23.6 Å². The van der Waals surface area contributed by atoms with Gasteiger partial charge < -0.3 is 15.1 Å². The minimum atomic E-state index is -1.10. The molecule has 2 N–H and O–H groups in total. The van der Waals surface area contributed by atoms with Gasteiger partial charge in [0.05, 0.1) is 18.5 Å². The molecule has 7 heteroatoms. The summed E-state index contributed by atoms with van der Waals surface area (Å²) in [6, 6.07) is 2.77. The average Bonchev–Trinajstić information content (AvgIpc) is 2.32. The van der Waals surface area contributed by atoms with Crippen LogP contribution in [0.2, 0.25) is 0 Å². The first-order chi connectivity index (χ1) is 8.90. The summed E-state index contributed by atoms with van der Waals surface area (Å²) in [7, 11) is 0. The summed E-state index contributed by atoms with van der Waals surface area (Å²) in [6.45, 7) is -0.189. The number of benzene rings is 1. The van der Waals surface area contributed by atoms with Crippen molar-refractivity contribution in [2.45, 2.75) is 12.8 Å². The van der Waals surface area contributed by atoms with Crippen molar-refractivity contribution in [3.05, 3.63) is 29.8 Å². The second-order valence-electron chi connectivity index (χ2n) is 3.87. The lowest BCUT2D eigenvalue weighted by molar-refractivity contribution is -0.137. The Hall–Kier alpha value is -2.18. The topological polar surface area (TPSA) is 77.8 Å². The summed E-state index contributed by atoms with van der Waals surface area (Å²) in [5, 5.41) is 17.2. The van der Waals surface area contributed by atoms with Crippen LogP contribution in [0.5, 0.6) is 0 Å². The molecule has 0 amide bonds. The molecule has 0 spiro atoms. The first-order valence-corrected chi connectivity index (χ1v) is 5.53. The molecule has 0 heterocycles. The van der Waals surface area contributed by atoms with Crippen molar-refractivity contribution in [2.75, 3.05) is 18.0 Å². The minimum absolute atomic E-state index is 0.0943. The fourth-order valence-corrected chi connectivity index (χ4v) is 1.54. The van der Waals surface area contributed by atoms with E-state index in [0.717, 1.165) is 18.2 Å². The van der Waals surface area contributed by atoms with Gasteiger partial charge in [0.1, 0.15) is 11.6 Å². The van der Waals surface area contributed by atoms with E-state index in [1.165, 1.54) is 4.90 Å². The number of carboxylic acid groups (broad SMARTS) is 2. The van der Waals surface area contributed by atoms with Crippen molar-refractivity contribution in [3.63, 3.8) is 0 Å². The monoisotopic (exact) mass is 273 g/mol. The fraction of sp³-hybridized carbons (Fsp3) is 0.333. The van der Waals surface area contributed by atoms with Gasteiger partial charge in [-0.15, -0.1) is 0 Å². The molecule has 0 radical (unpaired) electrons. The molecule has 0 aliphatic carbocycles. The van der Waals surface area contributed by atoms with Crippen LogP contribution < -0.4 is 4.90 Å². The van der Waals surface area contributed by atoms with Crippen molar-refractivity contribution in [2.24, 2.45) is 0 Å². The van der Waals surface area contributed by atoms with Gasteiger partial charge in [0, 0.05) is 19.2 Å². The number of carbonyl (C=O) groups is 2. The van der Waals surface area contributed by atoms with E-state index in [2.05, 4.69) is 0 Å². The van der Waals surface area contributed by atoms with Crippen LogP contribution in [0.15, 0.2) is 18.2 Å². The van der Waals surface area contributed by atoms with Gasteiger partial charge in [-0.25, -0.2) is 8.78 Å². The van der Waals surface area contributed by atoms with E-state index in [4.69, 9.17) is 10.2 Å². The first kappa shape index (κ1) is 14.9. The molecule has 0 saturated heterocycles. The fourth-order valence-electron chi connectivity index (χ4n) is 1.54. The van der Waals surface area contributed by atoms with E-state index in [1.54, 1.807) is 0 Å². The van der Waals surface area contributed by atoms with Crippen LogP contribution in [-0.2, 0) is 9.59 Å². The number of nitrogens with zero attached hydrogens (tertiary/aromatic N) is 1. The molecule has 0 atom stereocenters. The predicted molar refractivity (Wildman–Crippen MR) is 63.1 cm³/mol. The molecular weight excluding hydrogens is 260 g/mol. The minimum Gasteiger partial charge on any atom is -0.481 e. The number of rotatable bonds is 7. The zero-order chi connectivity index (χ0) is 14.4. The lowest BCUT2D eigenvalue weighted by Gasteiger charge is -2.24.